The molecule has 0 heterocycles. The summed E-state index contributed by atoms with van der Waals surface area (Å²) in [7, 11) is 0.651. The first-order valence-corrected chi connectivity index (χ1v) is 8.60. The number of hydrogen-bond donors (Lipinski definition) is 0. The number of sulfonamides is 1. The number of benzene rings is 2. The van der Waals surface area contributed by atoms with E-state index in [1.165, 1.54) is 33.4 Å². The zero-order valence-electron chi connectivity index (χ0n) is 13.3. The minimum Gasteiger partial charge on any atom is -0.495 e. The molecule has 0 amide bonds. The Hall–Kier alpha value is -1.92. The highest BCUT2D eigenvalue weighted by atomic mass is 35.5. The average Bonchev–Trinajstić information content (AvgIpc) is 2.54. The lowest BCUT2D eigenvalue weighted by molar-refractivity contribution is 0.404. The van der Waals surface area contributed by atoms with E-state index in [0.717, 1.165) is 9.87 Å². The maximum atomic E-state index is 12.8. The summed E-state index contributed by atoms with van der Waals surface area (Å²) < 4.78 is 37.1. The van der Waals surface area contributed by atoms with Crippen LogP contribution in [0.2, 0.25) is 5.02 Å². The number of anilines is 1. The van der Waals surface area contributed by atoms with Crippen molar-refractivity contribution in [1.82, 2.24) is 0 Å². The number of halogens is 1. The van der Waals surface area contributed by atoms with Crippen LogP contribution in [0.15, 0.2) is 41.3 Å². The predicted octanol–water partition coefficient (Wildman–Crippen LogP) is 3.49. The molecule has 0 unspecified atom stereocenters. The normalized spacial score (nSPS) is 11.2. The number of aryl methyl sites for hydroxylation is 1. The van der Waals surface area contributed by atoms with Crippen LogP contribution >= 0.6 is 11.6 Å². The molecule has 0 fully saturated rings. The van der Waals surface area contributed by atoms with Crippen molar-refractivity contribution in [1.29, 1.82) is 0 Å². The number of hydrogen-bond acceptors (Lipinski definition) is 4. The molecule has 0 aliphatic heterocycles. The van der Waals surface area contributed by atoms with E-state index in [0.29, 0.717) is 22.2 Å². The van der Waals surface area contributed by atoms with Crippen molar-refractivity contribution in [2.24, 2.45) is 0 Å². The molecule has 0 aliphatic rings. The van der Waals surface area contributed by atoms with Crippen LogP contribution in [-0.4, -0.2) is 29.7 Å². The number of ether oxygens (including phenoxy) is 2. The second-order valence-corrected chi connectivity index (χ2v) is 7.32. The Morgan fingerprint density at radius 1 is 1.00 bits per heavy atom. The summed E-state index contributed by atoms with van der Waals surface area (Å²) in [6, 6.07) is 9.70. The van der Waals surface area contributed by atoms with Crippen LogP contribution in [0.25, 0.3) is 0 Å². The molecule has 0 saturated heterocycles. The lowest BCUT2D eigenvalue weighted by atomic mass is 10.2. The lowest BCUT2D eigenvalue weighted by Gasteiger charge is -2.22. The topological polar surface area (TPSA) is 55.8 Å². The van der Waals surface area contributed by atoms with Crippen LogP contribution < -0.4 is 13.8 Å². The van der Waals surface area contributed by atoms with Gasteiger partial charge in [-0.1, -0.05) is 29.3 Å². The maximum absolute atomic E-state index is 12.8. The number of nitrogens with zero attached hydrogens (tertiary/aromatic N) is 1. The lowest BCUT2D eigenvalue weighted by Crippen LogP contribution is -2.27. The summed E-state index contributed by atoms with van der Waals surface area (Å²) >= 11 is 6.06. The van der Waals surface area contributed by atoms with Gasteiger partial charge in [-0.2, -0.15) is 0 Å². The third kappa shape index (κ3) is 3.38. The highest BCUT2D eigenvalue weighted by Crippen LogP contribution is 2.39. The van der Waals surface area contributed by atoms with Crippen molar-refractivity contribution < 1.29 is 17.9 Å². The fraction of sp³-hybridized carbons (Fsp3) is 0.250. The van der Waals surface area contributed by atoms with Crippen LogP contribution in [-0.2, 0) is 10.0 Å². The van der Waals surface area contributed by atoms with Crippen LogP contribution in [0.4, 0.5) is 5.69 Å². The van der Waals surface area contributed by atoms with Gasteiger partial charge in [0, 0.05) is 19.2 Å². The van der Waals surface area contributed by atoms with Crippen LogP contribution in [0.1, 0.15) is 5.56 Å². The standard InChI is InChI=1S/C16H18ClNO4S/c1-11-5-7-12(8-6-11)23(19,20)18(2)14-10-15(21-3)13(17)9-16(14)22-4/h5-10H,1-4H3. The van der Waals surface area contributed by atoms with Gasteiger partial charge in [-0.05, 0) is 19.1 Å². The van der Waals surface area contributed by atoms with E-state index in [2.05, 4.69) is 0 Å². The largest absolute Gasteiger partial charge is 0.495 e. The Bertz CT molecular complexity index is 804. The summed E-state index contributed by atoms with van der Waals surface area (Å²) in [5, 5.41) is 0.342. The first-order chi connectivity index (χ1) is 10.8. The smallest absolute Gasteiger partial charge is 0.264 e. The molecule has 0 saturated carbocycles. The van der Waals surface area contributed by atoms with Gasteiger partial charge in [0.15, 0.2) is 0 Å². The van der Waals surface area contributed by atoms with Crippen molar-refractivity contribution in [3.63, 3.8) is 0 Å². The first kappa shape index (κ1) is 17.4. The van der Waals surface area contributed by atoms with Gasteiger partial charge in [0.25, 0.3) is 10.0 Å². The Morgan fingerprint density at radius 3 is 2.09 bits per heavy atom. The second-order valence-electron chi connectivity index (χ2n) is 4.94. The van der Waals surface area contributed by atoms with Crippen molar-refractivity contribution in [3.05, 3.63) is 47.0 Å². The van der Waals surface area contributed by atoms with Crippen molar-refractivity contribution in [2.75, 3.05) is 25.6 Å². The molecule has 2 aromatic rings. The Morgan fingerprint density at radius 2 is 1.57 bits per heavy atom. The van der Waals surface area contributed by atoms with E-state index >= 15 is 0 Å². The van der Waals surface area contributed by atoms with E-state index in [4.69, 9.17) is 21.1 Å². The summed E-state index contributed by atoms with van der Waals surface area (Å²) in [5.74, 6) is 0.711. The molecule has 0 N–H and O–H groups in total. The van der Waals surface area contributed by atoms with E-state index in [9.17, 15) is 8.42 Å². The minimum atomic E-state index is -3.72. The fourth-order valence-corrected chi connectivity index (χ4v) is 3.52. The Labute approximate surface area is 141 Å². The third-order valence-electron chi connectivity index (χ3n) is 3.47. The zero-order valence-corrected chi connectivity index (χ0v) is 14.9. The van der Waals surface area contributed by atoms with Crippen LogP contribution in [0.3, 0.4) is 0 Å². The van der Waals surface area contributed by atoms with E-state index in [-0.39, 0.29) is 4.90 Å². The molecular formula is C16H18ClNO4S. The zero-order chi connectivity index (χ0) is 17.2. The molecule has 0 atom stereocenters. The van der Waals surface area contributed by atoms with Crippen molar-refractivity contribution in [3.8, 4) is 11.5 Å². The Balaban J connectivity index is 2.54. The molecule has 0 bridgehead atoms. The molecule has 2 aromatic carbocycles. The highest BCUT2D eigenvalue weighted by Gasteiger charge is 2.25. The van der Waals surface area contributed by atoms with E-state index in [1.54, 1.807) is 24.3 Å². The van der Waals surface area contributed by atoms with Gasteiger partial charge in [-0.25, -0.2) is 8.42 Å². The first-order valence-electron chi connectivity index (χ1n) is 6.78. The van der Waals surface area contributed by atoms with Gasteiger partial charge < -0.3 is 9.47 Å². The fourth-order valence-electron chi connectivity index (χ4n) is 2.09. The molecule has 0 aromatic heterocycles. The molecule has 124 valence electrons. The van der Waals surface area contributed by atoms with Crippen molar-refractivity contribution in [2.45, 2.75) is 11.8 Å². The van der Waals surface area contributed by atoms with Crippen LogP contribution in [0, 0.1) is 6.92 Å². The second kappa shape index (κ2) is 6.68. The molecule has 0 spiro atoms. The monoisotopic (exact) mass is 355 g/mol. The van der Waals surface area contributed by atoms with E-state index < -0.39 is 10.0 Å². The minimum absolute atomic E-state index is 0.196. The van der Waals surface area contributed by atoms with Crippen molar-refractivity contribution >= 4 is 27.3 Å². The van der Waals surface area contributed by atoms with E-state index in [1.807, 2.05) is 6.92 Å². The summed E-state index contributed by atoms with van der Waals surface area (Å²) in [4.78, 5) is 0.196. The quantitative estimate of drug-likeness (QED) is 0.823. The predicted molar refractivity (Wildman–Crippen MR) is 91.3 cm³/mol. The van der Waals surface area contributed by atoms with Gasteiger partial charge in [-0.3, -0.25) is 4.31 Å². The SMILES string of the molecule is COc1cc(N(C)S(=O)(=O)c2ccc(C)cc2)c(OC)cc1Cl. The third-order valence-corrected chi connectivity index (χ3v) is 5.55. The van der Waals surface area contributed by atoms with Gasteiger partial charge in [-0.15, -0.1) is 0 Å². The summed E-state index contributed by atoms with van der Waals surface area (Å²) in [5.41, 5.74) is 1.33. The highest BCUT2D eigenvalue weighted by molar-refractivity contribution is 7.92. The molecule has 0 aliphatic carbocycles. The molecule has 5 nitrogen and oxygen atoms in total. The van der Waals surface area contributed by atoms with Gasteiger partial charge >= 0.3 is 0 Å². The molecule has 7 heteroatoms. The summed E-state index contributed by atoms with van der Waals surface area (Å²) in [6.07, 6.45) is 0. The number of methoxy groups -OCH3 is 2. The van der Waals surface area contributed by atoms with Gasteiger partial charge in [0.05, 0.1) is 29.8 Å². The van der Waals surface area contributed by atoms with Gasteiger partial charge in [0.1, 0.15) is 11.5 Å². The molecule has 2 rings (SSSR count). The van der Waals surface area contributed by atoms with Crippen LogP contribution in [0.5, 0.6) is 11.5 Å². The number of rotatable bonds is 5. The molecule has 0 radical (unpaired) electrons. The average molecular weight is 356 g/mol. The maximum Gasteiger partial charge on any atom is 0.264 e. The summed E-state index contributed by atoms with van der Waals surface area (Å²) in [6.45, 7) is 1.90. The Kier molecular flexibility index (Phi) is 5.06. The molecular weight excluding hydrogens is 338 g/mol. The van der Waals surface area contributed by atoms with Gasteiger partial charge in [0.2, 0.25) is 0 Å². The molecule has 23 heavy (non-hydrogen) atoms.